The Morgan fingerprint density at radius 2 is 1.88 bits per heavy atom. The highest BCUT2D eigenvalue weighted by Gasteiger charge is 2.27. The van der Waals surface area contributed by atoms with Crippen LogP contribution in [0, 0.1) is 0 Å². The second-order valence-corrected chi connectivity index (χ2v) is 4.29. The third-order valence-electron chi connectivity index (χ3n) is 2.38. The molecule has 0 radical (unpaired) electrons. The molecule has 0 N–H and O–H groups in total. The number of fused-ring (bicyclic) bond motifs is 1. The summed E-state index contributed by atoms with van der Waals surface area (Å²) in [7, 11) is 0. The number of ether oxygens (including phenoxy) is 2. The molecule has 0 fully saturated rings. The van der Waals surface area contributed by atoms with Crippen LogP contribution in [-0.2, 0) is 6.42 Å². The van der Waals surface area contributed by atoms with E-state index in [0.717, 1.165) is 17.9 Å². The van der Waals surface area contributed by atoms with Crippen LogP contribution in [-0.4, -0.2) is 12.2 Å². The average Bonchev–Trinajstić information content (AvgIpc) is 2.30. The minimum absolute atomic E-state index is 0.208. The Hall–Kier alpha value is -1.18. The molecular weight excluding hydrogens is 200 g/mol. The van der Waals surface area contributed by atoms with E-state index < -0.39 is 0 Å². The number of hydrogen-bond donors (Lipinski definition) is 0. The highest BCUT2D eigenvalue weighted by atomic mass is 16.6. The Bertz CT molecular complexity index is 343. The Morgan fingerprint density at radius 3 is 2.50 bits per heavy atom. The summed E-state index contributed by atoms with van der Waals surface area (Å²) in [4.78, 5) is 0. The predicted octanol–water partition coefficient (Wildman–Crippen LogP) is 3.83. The molecule has 2 rings (SSSR count). The van der Waals surface area contributed by atoms with Gasteiger partial charge in [-0.15, -0.1) is 0 Å². The molecule has 0 spiro atoms. The summed E-state index contributed by atoms with van der Waals surface area (Å²) < 4.78 is 11.4. The monoisotopic (exact) mass is 222 g/mol. The Morgan fingerprint density at radius 1 is 1.19 bits per heavy atom. The summed E-state index contributed by atoms with van der Waals surface area (Å²) in [5, 5.41) is 0. The standard InChI is InChI=1S/C12H16O2.C2H6/c1-4-9-5-6-10-11(7-9)13-8-12(2,3)14-10;1-2/h5-7H,4,8H2,1-3H3;1-2H3. The molecule has 0 aliphatic carbocycles. The number of hydrogen-bond acceptors (Lipinski definition) is 2. The van der Waals surface area contributed by atoms with E-state index >= 15 is 0 Å². The summed E-state index contributed by atoms with van der Waals surface area (Å²) in [5.41, 5.74) is 1.08. The molecule has 16 heavy (non-hydrogen) atoms. The van der Waals surface area contributed by atoms with Crippen molar-refractivity contribution in [3.8, 4) is 11.5 Å². The topological polar surface area (TPSA) is 18.5 Å². The van der Waals surface area contributed by atoms with Gasteiger partial charge in [0.2, 0.25) is 0 Å². The van der Waals surface area contributed by atoms with Crippen molar-refractivity contribution in [2.24, 2.45) is 0 Å². The lowest BCUT2D eigenvalue weighted by Gasteiger charge is -2.32. The van der Waals surface area contributed by atoms with Crippen molar-refractivity contribution in [1.82, 2.24) is 0 Å². The lowest BCUT2D eigenvalue weighted by Crippen LogP contribution is -2.38. The first-order valence-corrected chi connectivity index (χ1v) is 6.05. The van der Waals surface area contributed by atoms with Gasteiger partial charge in [-0.3, -0.25) is 0 Å². The van der Waals surface area contributed by atoms with Crippen LogP contribution >= 0.6 is 0 Å². The zero-order chi connectivity index (χ0) is 12.2. The van der Waals surface area contributed by atoms with E-state index in [1.165, 1.54) is 5.56 Å². The van der Waals surface area contributed by atoms with Crippen molar-refractivity contribution in [2.45, 2.75) is 46.6 Å². The van der Waals surface area contributed by atoms with Crippen LogP contribution in [0.3, 0.4) is 0 Å². The molecule has 2 heteroatoms. The summed E-state index contributed by atoms with van der Waals surface area (Å²) in [6, 6.07) is 6.14. The van der Waals surface area contributed by atoms with Crippen LogP contribution in [0.1, 0.15) is 40.2 Å². The molecule has 0 atom stereocenters. The third kappa shape index (κ3) is 2.91. The van der Waals surface area contributed by atoms with Gasteiger partial charge >= 0.3 is 0 Å². The second-order valence-electron chi connectivity index (χ2n) is 4.29. The largest absolute Gasteiger partial charge is 0.486 e. The maximum atomic E-state index is 5.79. The molecule has 0 amide bonds. The predicted molar refractivity (Wildman–Crippen MR) is 67.4 cm³/mol. The Labute approximate surface area is 98.6 Å². The van der Waals surface area contributed by atoms with Crippen molar-refractivity contribution in [1.29, 1.82) is 0 Å². The number of aryl methyl sites for hydroxylation is 1. The zero-order valence-electron chi connectivity index (χ0n) is 11.0. The minimum Gasteiger partial charge on any atom is -0.486 e. The molecule has 1 heterocycles. The molecule has 2 nitrogen and oxygen atoms in total. The molecule has 1 aliphatic rings. The molecule has 0 unspecified atom stereocenters. The van der Waals surface area contributed by atoms with Crippen molar-refractivity contribution in [3.63, 3.8) is 0 Å². The fourth-order valence-electron chi connectivity index (χ4n) is 1.55. The van der Waals surface area contributed by atoms with E-state index in [1.54, 1.807) is 0 Å². The molecule has 90 valence electrons. The van der Waals surface area contributed by atoms with Crippen LogP contribution < -0.4 is 9.47 Å². The van der Waals surface area contributed by atoms with E-state index in [2.05, 4.69) is 19.1 Å². The highest BCUT2D eigenvalue weighted by Crippen LogP contribution is 2.35. The van der Waals surface area contributed by atoms with Crippen LogP contribution in [0.4, 0.5) is 0 Å². The quantitative estimate of drug-likeness (QED) is 0.719. The fourth-order valence-corrected chi connectivity index (χ4v) is 1.55. The van der Waals surface area contributed by atoms with E-state index in [4.69, 9.17) is 9.47 Å². The lowest BCUT2D eigenvalue weighted by molar-refractivity contribution is 0.0212. The maximum Gasteiger partial charge on any atom is 0.162 e. The molecule has 0 saturated heterocycles. The maximum absolute atomic E-state index is 5.79. The van der Waals surface area contributed by atoms with Crippen molar-refractivity contribution in [2.75, 3.05) is 6.61 Å². The Kier molecular flexibility index (Phi) is 4.22. The molecule has 0 aromatic heterocycles. The van der Waals surface area contributed by atoms with Crippen LogP contribution in [0.2, 0.25) is 0 Å². The third-order valence-corrected chi connectivity index (χ3v) is 2.38. The molecule has 1 aliphatic heterocycles. The summed E-state index contributed by atoms with van der Waals surface area (Å²) >= 11 is 0. The fraction of sp³-hybridized carbons (Fsp3) is 0.571. The summed E-state index contributed by atoms with van der Waals surface area (Å²) in [5.74, 6) is 1.74. The molecule has 0 saturated carbocycles. The summed E-state index contributed by atoms with van der Waals surface area (Å²) in [6.45, 7) is 10.8. The van der Waals surface area contributed by atoms with Gasteiger partial charge in [0.15, 0.2) is 11.5 Å². The molecular formula is C14H22O2. The van der Waals surface area contributed by atoms with Gasteiger partial charge in [-0.05, 0) is 38.0 Å². The summed E-state index contributed by atoms with van der Waals surface area (Å²) in [6.07, 6.45) is 1.03. The smallest absolute Gasteiger partial charge is 0.162 e. The van der Waals surface area contributed by atoms with Crippen molar-refractivity contribution >= 4 is 0 Å². The van der Waals surface area contributed by atoms with Crippen LogP contribution in [0.15, 0.2) is 18.2 Å². The van der Waals surface area contributed by atoms with Gasteiger partial charge in [-0.2, -0.15) is 0 Å². The van der Waals surface area contributed by atoms with E-state index in [0.29, 0.717) is 6.61 Å². The van der Waals surface area contributed by atoms with Crippen LogP contribution in [0.5, 0.6) is 11.5 Å². The minimum atomic E-state index is -0.208. The number of benzene rings is 1. The Balaban J connectivity index is 0.000000606. The van der Waals surface area contributed by atoms with Crippen molar-refractivity contribution < 1.29 is 9.47 Å². The average molecular weight is 222 g/mol. The van der Waals surface area contributed by atoms with E-state index in [1.807, 2.05) is 33.8 Å². The van der Waals surface area contributed by atoms with Crippen molar-refractivity contribution in [3.05, 3.63) is 23.8 Å². The second kappa shape index (κ2) is 5.24. The van der Waals surface area contributed by atoms with E-state index in [-0.39, 0.29) is 5.60 Å². The number of rotatable bonds is 1. The van der Waals surface area contributed by atoms with Gasteiger partial charge in [-0.1, -0.05) is 26.8 Å². The zero-order valence-corrected chi connectivity index (χ0v) is 11.0. The molecule has 1 aromatic carbocycles. The normalized spacial score (nSPS) is 16.1. The lowest BCUT2D eigenvalue weighted by atomic mass is 10.1. The first kappa shape index (κ1) is 12.9. The van der Waals surface area contributed by atoms with Gasteiger partial charge in [-0.25, -0.2) is 0 Å². The first-order valence-electron chi connectivity index (χ1n) is 6.05. The SMILES string of the molecule is CC.CCc1ccc2c(c1)OCC(C)(C)O2. The van der Waals surface area contributed by atoms with Gasteiger partial charge in [0.1, 0.15) is 12.2 Å². The molecule has 1 aromatic rings. The first-order chi connectivity index (χ1) is 7.61. The van der Waals surface area contributed by atoms with Crippen LogP contribution in [0.25, 0.3) is 0 Å². The highest BCUT2D eigenvalue weighted by molar-refractivity contribution is 5.44. The molecule has 0 bridgehead atoms. The van der Waals surface area contributed by atoms with Gasteiger partial charge in [0.05, 0.1) is 0 Å². The van der Waals surface area contributed by atoms with E-state index in [9.17, 15) is 0 Å². The van der Waals surface area contributed by atoms with Gasteiger partial charge < -0.3 is 9.47 Å². The van der Waals surface area contributed by atoms with Gasteiger partial charge in [0, 0.05) is 0 Å². The van der Waals surface area contributed by atoms with Gasteiger partial charge in [0.25, 0.3) is 0 Å².